The Morgan fingerprint density at radius 2 is 2.00 bits per heavy atom. The van der Waals surface area contributed by atoms with E-state index in [2.05, 4.69) is 20.8 Å². The van der Waals surface area contributed by atoms with Crippen LogP contribution in [0.4, 0.5) is 4.79 Å². The van der Waals surface area contributed by atoms with Crippen molar-refractivity contribution >= 4 is 29.6 Å². The zero-order valence-corrected chi connectivity index (χ0v) is 14.7. The Kier molecular flexibility index (Phi) is 6.18. The lowest BCUT2D eigenvalue weighted by Crippen LogP contribution is -2.57. The molecule has 1 saturated heterocycles. The molecule has 24 heavy (non-hydrogen) atoms. The lowest BCUT2D eigenvalue weighted by atomic mass is 9.95. The maximum Gasteiger partial charge on any atom is 0.321 e. The maximum absolute atomic E-state index is 11.9. The van der Waals surface area contributed by atoms with Crippen LogP contribution in [-0.4, -0.2) is 57.8 Å². The average molecular weight is 355 g/mol. The third kappa shape index (κ3) is 4.47. The van der Waals surface area contributed by atoms with Crippen molar-refractivity contribution in [2.24, 2.45) is 5.92 Å². The van der Waals surface area contributed by atoms with Crippen LogP contribution in [0.1, 0.15) is 26.7 Å². The molecule has 2 atom stereocenters. The van der Waals surface area contributed by atoms with Crippen LogP contribution < -0.4 is 10.6 Å². The summed E-state index contributed by atoms with van der Waals surface area (Å²) in [7, 11) is 0. The first kappa shape index (κ1) is 18.2. The third-order valence-corrected chi connectivity index (χ3v) is 4.62. The van der Waals surface area contributed by atoms with Crippen molar-refractivity contribution < 1.29 is 18.8 Å². The summed E-state index contributed by atoms with van der Waals surface area (Å²) in [5.74, 6) is -0.308. The van der Waals surface area contributed by atoms with Crippen LogP contribution in [0.2, 0.25) is 0 Å². The number of carbonyl (C=O) groups excluding carboxylic acids is 3. The molecule has 2 N–H and O–H groups in total. The minimum Gasteiger partial charge on any atom is -0.416 e. The van der Waals surface area contributed by atoms with Crippen molar-refractivity contribution in [3.8, 4) is 0 Å². The number of rotatable bonds is 7. The van der Waals surface area contributed by atoms with Gasteiger partial charge in [0, 0.05) is 25.6 Å². The Hall–Kier alpha value is -2.10. The van der Waals surface area contributed by atoms with Gasteiger partial charge in [-0.25, -0.2) is 4.79 Å². The standard InChI is InChI=1S/C14H21N5O4S/c1-4-19(5-2)11(20)7-24-14-18-17-10(23-14)6-9-8(3)15-13(22)16-12(9)21/h8-9H,4-7H2,1-3H3,(H2,15,16,21,22). The van der Waals surface area contributed by atoms with Crippen molar-refractivity contribution in [2.45, 2.75) is 38.5 Å². The van der Waals surface area contributed by atoms with E-state index in [0.717, 1.165) is 0 Å². The molecule has 9 nitrogen and oxygen atoms in total. The largest absolute Gasteiger partial charge is 0.416 e. The topological polar surface area (TPSA) is 117 Å². The van der Waals surface area contributed by atoms with E-state index in [-0.39, 0.29) is 30.0 Å². The van der Waals surface area contributed by atoms with Crippen molar-refractivity contribution in [1.82, 2.24) is 25.7 Å². The molecule has 0 bridgehead atoms. The molecule has 0 aromatic carbocycles. The second kappa shape index (κ2) is 8.13. The summed E-state index contributed by atoms with van der Waals surface area (Å²) in [6.07, 6.45) is 0.227. The Morgan fingerprint density at radius 3 is 2.62 bits per heavy atom. The number of carbonyl (C=O) groups is 3. The van der Waals surface area contributed by atoms with Gasteiger partial charge < -0.3 is 14.6 Å². The fraction of sp³-hybridized carbons (Fsp3) is 0.643. The quantitative estimate of drug-likeness (QED) is 0.681. The zero-order valence-electron chi connectivity index (χ0n) is 13.9. The summed E-state index contributed by atoms with van der Waals surface area (Å²) in [5, 5.41) is 12.9. The van der Waals surface area contributed by atoms with Gasteiger partial charge in [0.2, 0.25) is 17.7 Å². The predicted octanol–water partition coefficient (Wildman–Crippen LogP) is 0.417. The van der Waals surface area contributed by atoms with Gasteiger partial charge in [-0.2, -0.15) is 0 Å². The van der Waals surface area contributed by atoms with Gasteiger partial charge in [-0.3, -0.25) is 14.9 Å². The first-order valence-electron chi connectivity index (χ1n) is 7.78. The van der Waals surface area contributed by atoms with Crippen LogP contribution in [-0.2, 0) is 16.0 Å². The molecule has 2 rings (SSSR count). The molecular weight excluding hydrogens is 334 g/mol. The van der Waals surface area contributed by atoms with E-state index >= 15 is 0 Å². The van der Waals surface area contributed by atoms with Gasteiger partial charge in [-0.15, -0.1) is 10.2 Å². The minimum absolute atomic E-state index is 0.00717. The minimum atomic E-state index is -0.500. The summed E-state index contributed by atoms with van der Waals surface area (Å²) in [4.78, 5) is 36.7. The maximum atomic E-state index is 11.9. The Labute approximate surface area is 143 Å². The molecule has 4 amide bonds. The van der Waals surface area contributed by atoms with Crippen molar-refractivity contribution in [3.05, 3.63) is 5.89 Å². The van der Waals surface area contributed by atoms with E-state index in [9.17, 15) is 14.4 Å². The van der Waals surface area contributed by atoms with Gasteiger partial charge in [0.15, 0.2) is 0 Å². The third-order valence-electron chi connectivity index (χ3n) is 3.81. The number of thioether (sulfide) groups is 1. The second-order valence-electron chi connectivity index (χ2n) is 5.38. The van der Waals surface area contributed by atoms with Gasteiger partial charge >= 0.3 is 6.03 Å². The molecule has 0 saturated carbocycles. The van der Waals surface area contributed by atoms with E-state index in [1.54, 1.807) is 11.8 Å². The molecule has 2 heterocycles. The number of amides is 4. The molecule has 0 radical (unpaired) electrons. The summed E-state index contributed by atoms with van der Waals surface area (Å²) >= 11 is 1.17. The number of imide groups is 1. The molecule has 2 unspecified atom stereocenters. The number of nitrogens with one attached hydrogen (secondary N) is 2. The highest BCUT2D eigenvalue weighted by molar-refractivity contribution is 7.99. The molecule has 132 valence electrons. The Morgan fingerprint density at radius 1 is 1.29 bits per heavy atom. The lowest BCUT2D eigenvalue weighted by molar-refractivity contribution is -0.128. The summed E-state index contributed by atoms with van der Waals surface area (Å²) in [6, 6.07) is -0.820. The normalized spacial score (nSPS) is 20.5. The van der Waals surface area contributed by atoms with E-state index in [4.69, 9.17) is 4.42 Å². The summed E-state index contributed by atoms with van der Waals surface area (Å²) in [5.41, 5.74) is 0. The van der Waals surface area contributed by atoms with Crippen LogP contribution in [0.3, 0.4) is 0 Å². The highest BCUT2D eigenvalue weighted by Crippen LogP contribution is 2.20. The summed E-state index contributed by atoms with van der Waals surface area (Å²) < 4.78 is 5.48. The molecule has 1 aliphatic rings. The van der Waals surface area contributed by atoms with Crippen LogP contribution >= 0.6 is 11.8 Å². The van der Waals surface area contributed by atoms with Gasteiger partial charge in [-0.05, 0) is 20.8 Å². The van der Waals surface area contributed by atoms with Crippen molar-refractivity contribution in [1.29, 1.82) is 0 Å². The van der Waals surface area contributed by atoms with E-state index in [0.29, 0.717) is 24.2 Å². The molecular formula is C14H21N5O4S. The van der Waals surface area contributed by atoms with Crippen LogP contribution in [0.25, 0.3) is 0 Å². The molecule has 1 aromatic heterocycles. The van der Waals surface area contributed by atoms with Crippen molar-refractivity contribution in [2.75, 3.05) is 18.8 Å². The van der Waals surface area contributed by atoms with Crippen molar-refractivity contribution in [3.63, 3.8) is 0 Å². The number of urea groups is 1. The van der Waals surface area contributed by atoms with Crippen LogP contribution in [0.5, 0.6) is 0 Å². The van der Waals surface area contributed by atoms with Gasteiger partial charge in [0.05, 0.1) is 11.7 Å². The first-order chi connectivity index (χ1) is 11.4. The zero-order chi connectivity index (χ0) is 17.7. The van der Waals surface area contributed by atoms with E-state index in [1.165, 1.54) is 11.8 Å². The SMILES string of the molecule is CCN(CC)C(=O)CSc1nnc(CC2C(=O)NC(=O)NC2C)o1. The number of nitrogens with zero attached hydrogens (tertiary/aromatic N) is 3. The smallest absolute Gasteiger partial charge is 0.321 e. The fourth-order valence-electron chi connectivity index (χ4n) is 2.40. The first-order valence-corrected chi connectivity index (χ1v) is 8.77. The van der Waals surface area contributed by atoms with E-state index in [1.807, 2.05) is 13.8 Å². The van der Waals surface area contributed by atoms with Gasteiger partial charge in [0.1, 0.15) is 0 Å². The van der Waals surface area contributed by atoms with E-state index < -0.39 is 11.9 Å². The van der Waals surface area contributed by atoms with Crippen LogP contribution in [0.15, 0.2) is 9.64 Å². The molecule has 10 heteroatoms. The Bertz CT molecular complexity index is 616. The molecule has 1 aromatic rings. The number of hydrogen-bond donors (Lipinski definition) is 2. The number of aromatic nitrogens is 2. The monoisotopic (exact) mass is 355 g/mol. The van der Waals surface area contributed by atoms with Gasteiger partial charge in [0.25, 0.3) is 5.22 Å². The molecule has 0 aliphatic carbocycles. The highest BCUT2D eigenvalue weighted by atomic mass is 32.2. The lowest BCUT2D eigenvalue weighted by Gasteiger charge is -2.27. The summed E-state index contributed by atoms with van der Waals surface area (Å²) in [6.45, 7) is 6.91. The molecule has 1 fully saturated rings. The molecule has 0 spiro atoms. The average Bonchev–Trinajstić information content (AvgIpc) is 2.97. The second-order valence-corrected chi connectivity index (χ2v) is 6.31. The van der Waals surface area contributed by atoms with Gasteiger partial charge in [-0.1, -0.05) is 11.8 Å². The fourth-order valence-corrected chi connectivity index (χ4v) is 3.09. The number of hydrogen-bond acceptors (Lipinski definition) is 7. The predicted molar refractivity (Wildman–Crippen MR) is 86.3 cm³/mol. The molecule has 1 aliphatic heterocycles. The Balaban J connectivity index is 1.90. The highest BCUT2D eigenvalue weighted by Gasteiger charge is 2.34. The van der Waals surface area contributed by atoms with Crippen LogP contribution in [0, 0.1) is 5.92 Å².